The fraction of sp³-hybridized carbons (Fsp3) is 0.529. The number of benzene rings is 1. The molecule has 0 atom stereocenters. The zero-order valence-corrected chi connectivity index (χ0v) is 14.4. The molecule has 0 aliphatic heterocycles. The number of hydrogen-bond donors (Lipinski definition) is 2. The number of hydrogen-bond acceptors (Lipinski definition) is 5. The summed E-state index contributed by atoms with van der Waals surface area (Å²) >= 11 is 0. The van der Waals surface area contributed by atoms with E-state index in [0.29, 0.717) is 0 Å². The lowest BCUT2D eigenvalue weighted by molar-refractivity contribution is -0.188. The molecule has 0 unspecified atom stereocenters. The average Bonchev–Trinajstić information content (AvgIpc) is 2.60. The Balaban J connectivity index is 2.20. The van der Waals surface area contributed by atoms with Gasteiger partial charge in [-0.05, 0) is 43.9 Å². The maximum absolute atomic E-state index is 12.9. The van der Waals surface area contributed by atoms with Crippen LogP contribution in [0.3, 0.4) is 0 Å². The van der Waals surface area contributed by atoms with Crippen LogP contribution in [0.15, 0.2) is 18.2 Å². The fourth-order valence-electron chi connectivity index (χ4n) is 3.13. The molecule has 1 fully saturated rings. The number of phenols is 1. The summed E-state index contributed by atoms with van der Waals surface area (Å²) in [6, 6.07) is 3.90. The van der Waals surface area contributed by atoms with Crippen molar-refractivity contribution in [1.82, 2.24) is 5.32 Å². The Morgan fingerprint density at radius 3 is 2.31 bits per heavy atom. The highest BCUT2D eigenvalue weighted by atomic mass is 19.4. The van der Waals surface area contributed by atoms with E-state index < -0.39 is 29.5 Å². The first-order chi connectivity index (χ1) is 12.1. The summed E-state index contributed by atoms with van der Waals surface area (Å²) in [4.78, 5) is 24.7. The third-order valence-corrected chi connectivity index (χ3v) is 4.67. The number of alkyl halides is 3. The van der Waals surface area contributed by atoms with E-state index in [1.807, 2.05) is 0 Å². The van der Waals surface area contributed by atoms with Gasteiger partial charge in [0, 0.05) is 5.56 Å². The Morgan fingerprint density at radius 1 is 1.23 bits per heavy atom. The van der Waals surface area contributed by atoms with Gasteiger partial charge in [-0.15, -0.1) is 0 Å². The number of nitrogens with one attached hydrogen (secondary N) is 1. The van der Waals surface area contributed by atoms with Crippen molar-refractivity contribution in [3.8, 4) is 11.5 Å². The minimum Gasteiger partial charge on any atom is -0.504 e. The van der Waals surface area contributed by atoms with Crippen LogP contribution in [0.25, 0.3) is 0 Å². The maximum Gasteiger partial charge on any atom is 0.391 e. The maximum atomic E-state index is 12.9. The average molecular weight is 375 g/mol. The van der Waals surface area contributed by atoms with Crippen molar-refractivity contribution >= 4 is 11.9 Å². The van der Waals surface area contributed by atoms with E-state index in [4.69, 9.17) is 9.47 Å². The highest BCUT2D eigenvalue weighted by molar-refractivity contribution is 5.98. The molecule has 26 heavy (non-hydrogen) atoms. The Hall–Kier alpha value is -2.45. The molecule has 1 aromatic carbocycles. The van der Waals surface area contributed by atoms with Gasteiger partial charge in [0.25, 0.3) is 5.91 Å². The van der Waals surface area contributed by atoms with Gasteiger partial charge in [-0.1, -0.05) is 0 Å². The van der Waals surface area contributed by atoms with E-state index in [1.165, 1.54) is 19.2 Å². The van der Waals surface area contributed by atoms with Gasteiger partial charge in [0.05, 0.1) is 20.1 Å². The van der Waals surface area contributed by atoms with Crippen LogP contribution in [0, 0.1) is 5.92 Å². The van der Waals surface area contributed by atoms with E-state index in [1.54, 1.807) is 0 Å². The molecular formula is C17H20F3NO5. The molecule has 0 aromatic heterocycles. The molecule has 0 bridgehead atoms. The fourth-order valence-corrected chi connectivity index (χ4v) is 3.13. The number of esters is 1. The minimum absolute atomic E-state index is 0.0459. The number of methoxy groups -OCH3 is 2. The normalized spacial score (nSPS) is 23.2. The van der Waals surface area contributed by atoms with Crippen molar-refractivity contribution < 1.29 is 37.3 Å². The quantitative estimate of drug-likeness (QED) is 0.791. The number of aromatic hydroxyl groups is 1. The van der Waals surface area contributed by atoms with Crippen LogP contribution in [0.5, 0.6) is 11.5 Å². The number of carbonyl (C=O) groups is 2. The van der Waals surface area contributed by atoms with Crippen LogP contribution in [0.4, 0.5) is 13.2 Å². The first-order valence-electron chi connectivity index (χ1n) is 7.97. The molecular weight excluding hydrogens is 355 g/mol. The number of amides is 1. The van der Waals surface area contributed by atoms with E-state index in [-0.39, 0.29) is 42.7 Å². The SMILES string of the molecule is COC(=O)C1(NC(=O)c2ccc(OC)c(O)c2)CCC(C(F)(F)F)CC1. The minimum atomic E-state index is -4.34. The second-order valence-corrected chi connectivity index (χ2v) is 6.23. The van der Waals surface area contributed by atoms with E-state index in [0.717, 1.165) is 13.2 Å². The largest absolute Gasteiger partial charge is 0.504 e. The van der Waals surface area contributed by atoms with Crippen LogP contribution < -0.4 is 10.1 Å². The molecule has 0 saturated heterocycles. The molecule has 1 saturated carbocycles. The highest BCUT2D eigenvalue weighted by Crippen LogP contribution is 2.41. The molecule has 1 aliphatic rings. The lowest BCUT2D eigenvalue weighted by Gasteiger charge is -2.38. The van der Waals surface area contributed by atoms with Gasteiger partial charge in [-0.25, -0.2) is 4.79 Å². The van der Waals surface area contributed by atoms with Crippen molar-refractivity contribution in [3.05, 3.63) is 23.8 Å². The highest BCUT2D eigenvalue weighted by Gasteiger charge is 2.50. The number of phenolic OH excluding ortho intramolecular Hbond substituents is 1. The second-order valence-electron chi connectivity index (χ2n) is 6.23. The van der Waals surface area contributed by atoms with Crippen molar-refractivity contribution in [2.24, 2.45) is 5.92 Å². The Kier molecular flexibility index (Phi) is 5.68. The summed E-state index contributed by atoms with van der Waals surface area (Å²) in [6.07, 6.45) is -5.27. The molecule has 0 spiro atoms. The standard InChI is InChI=1S/C17H20F3NO5/c1-25-13-4-3-10(9-12(13)22)14(23)21-16(15(24)26-2)7-5-11(6-8-16)17(18,19)20/h3-4,9,11,22H,5-8H2,1-2H3,(H,21,23). The molecule has 1 amide bonds. The third-order valence-electron chi connectivity index (χ3n) is 4.67. The van der Waals surface area contributed by atoms with Crippen LogP contribution >= 0.6 is 0 Å². The summed E-state index contributed by atoms with van der Waals surface area (Å²) in [7, 11) is 2.46. The van der Waals surface area contributed by atoms with Crippen LogP contribution in [-0.2, 0) is 9.53 Å². The van der Waals surface area contributed by atoms with Gasteiger partial charge in [0.2, 0.25) is 0 Å². The molecule has 0 heterocycles. The van der Waals surface area contributed by atoms with E-state index >= 15 is 0 Å². The molecule has 1 aromatic rings. The number of halogens is 3. The van der Waals surface area contributed by atoms with Crippen molar-refractivity contribution in [3.63, 3.8) is 0 Å². The third kappa shape index (κ3) is 4.03. The van der Waals surface area contributed by atoms with Gasteiger partial charge < -0.3 is 19.9 Å². The Labute approximate surface area is 148 Å². The smallest absolute Gasteiger partial charge is 0.391 e. The summed E-state index contributed by atoms with van der Waals surface area (Å²) in [5.74, 6) is -3.10. The monoisotopic (exact) mass is 375 g/mol. The Morgan fingerprint density at radius 2 is 1.85 bits per heavy atom. The summed E-state index contributed by atoms with van der Waals surface area (Å²) in [5, 5.41) is 12.3. The lowest BCUT2D eigenvalue weighted by Crippen LogP contribution is -2.57. The van der Waals surface area contributed by atoms with Crippen LogP contribution in [-0.4, -0.2) is 42.9 Å². The van der Waals surface area contributed by atoms with E-state index in [9.17, 15) is 27.9 Å². The van der Waals surface area contributed by atoms with Gasteiger partial charge in [0.15, 0.2) is 11.5 Å². The molecule has 2 N–H and O–H groups in total. The summed E-state index contributed by atoms with van der Waals surface area (Å²) in [5.41, 5.74) is -1.48. The first kappa shape index (κ1) is 19.9. The number of rotatable bonds is 4. The van der Waals surface area contributed by atoms with Crippen LogP contribution in [0.1, 0.15) is 36.0 Å². The van der Waals surface area contributed by atoms with Crippen molar-refractivity contribution in [2.45, 2.75) is 37.4 Å². The molecule has 9 heteroatoms. The topological polar surface area (TPSA) is 84.9 Å². The van der Waals surface area contributed by atoms with Crippen LogP contribution in [0.2, 0.25) is 0 Å². The summed E-state index contributed by atoms with van der Waals surface area (Å²) < 4.78 is 48.2. The van der Waals surface area contributed by atoms with Crippen molar-refractivity contribution in [2.75, 3.05) is 14.2 Å². The Bertz CT molecular complexity index is 681. The molecule has 2 rings (SSSR count). The van der Waals surface area contributed by atoms with Gasteiger partial charge in [-0.3, -0.25) is 4.79 Å². The van der Waals surface area contributed by atoms with E-state index in [2.05, 4.69) is 5.32 Å². The molecule has 1 aliphatic carbocycles. The zero-order chi connectivity index (χ0) is 19.5. The van der Waals surface area contributed by atoms with Crippen molar-refractivity contribution in [1.29, 1.82) is 0 Å². The van der Waals surface area contributed by atoms with Gasteiger partial charge in [0.1, 0.15) is 5.54 Å². The van der Waals surface area contributed by atoms with Gasteiger partial charge in [-0.2, -0.15) is 13.2 Å². The summed E-state index contributed by atoms with van der Waals surface area (Å²) in [6.45, 7) is 0. The van der Waals surface area contributed by atoms with Gasteiger partial charge >= 0.3 is 12.1 Å². The number of ether oxygens (including phenoxy) is 2. The molecule has 6 nitrogen and oxygen atoms in total. The zero-order valence-electron chi connectivity index (χ0n) is 14.4. The lowest BCUT2D eigenvalue weighted by atomic mass is 9.76. The number of carbonyl (C=O) groups excluding carboxylic acids is 2. The predicted molar refractivity (Wildman–Crippen MR) is 84.9 cm³/mol. The first-order valence-corrected chi connectivity index (χ1v) is 7.97. The predicted octanol–water partition coefficient (Wildman–Crippen LogP) is 2.79. The molecule has 144 valence electrons. The second kappa shape index (κ2) is 7.43. The molecule has 0 radical (unpaired) electrons.